The summed E-state index contributed by atoms with van der Waals surface area (Å²) >= 11 is 0. The molecule has 0 N–H and O–H groups in total. The molecule has 0 amide bonds. The zero-order chi connectivity index (χ0) is 13.7. The maximum atomic E-state index is 11.3. The number of rotatable bonds is 6. The van der Waals surface area contributed by atoms with Crippen LogP contribution >= 0.6 is 0 Å². The van der Waals surface area contributed by atoms with Crippen LogP contribution in [-0.2, 0) is 23.2 Å². The molecule has 0 aliphatic rings. The molecule has 0 rings (SSSR count). The number of hydrogen-bond donors (Lipinski definition) is 0. The van der Waals surface area contributed by atoms with Gasteiger partial charge in [0.15, 0.2) is 0 Å². The van der Waals surface area contributed by atoms with Crippen LogP contribution in [0, 0.1) is 0 Å². The van der Waals surface area contributed by atoms with Crippen LogP contribution < -0.4 is 0 Å². The molecule has 0 radical (unpaired) electrons. The van der Waals surface area contributed by atoms with Gasteiger partial charge in [-0.15, -0.1) is 0 Å². The predicted molar refractivity (Wildman–Crippen MR) is 69.7 cm³/mol. The SMILES string of the molecule is C[Si](C)(C)OC(=O)COCC(=O)O[Si](C)(C)C. The van der Waals surface area contributed by atoms with Gasteiger partial charge >= 0.3 is 11.9 Å². The van der Waals surface area contributed by atoms with Crippen molar-refractivity contribution in [1.29, 1.82) is 0 Å². The van der Waals surface area contributed by atoms with Crippen molar-refractivity contribution in [3.63, 3.8) is 0 Å². The van der Waals surface area contributed by atoms with Crippen LogP contribution in [0.25, 0.3) is 0 Å². The summed E-state index contributed by atoms with van der Waals surface area (Å²) in [5, 5.41) is 0. The number of ether oxygens (including phenoxy) is 1. The number of carbonyl (C=O) groups is 2. The van der Waals surface area contributed by atoms with E-state index in [4.69, 9.17) is 13.6 Å². The van der Waals surface area contributed by atoms with E-state index in [1.165, 1.54) is 0 Å². The van der Waals surface area contributed by atoms with E-state index in [2.05, 4.69) is 0 Å². The summed E-state index contributed by atoms with van der Waals surface area (Å²) in [6, 6.07) is 0. The van der Waals surface area contributed by atoms with Crippen molar-refractivity contribution >= 4 is 28.6 Å². The van der Waals surface area contributed by atoms with Crippen LogP contribution in [0.3, 0.4) is 0 Å². The molecular weight excluding hydrogens is 256 g/mol. The zero-order valence-electron chi connectivity index (χ0n) is 11.5. The van der Waals surface area contributed by atoms with Crippen LogP contribution in [0.1, 0.15) is 0 Å². The van der Waals surface area contributed by atoms with Gasteiger partial charge < -0.3 is 13.6 Å². The van der Waals surface area contributed by atoms with Gasteiger partial charge in [0.2, 0.25) is 16.6 Å². The van der Waals surface area contributed by atoms with Crippen molar-refractivity contribution in [3.8, 4) is 0 Å². The van der Waals surface area contributed by atoms with Gasteiger partial charge in [0.25, 0.3) is 0 Å². The first-order valence-electron chi connectivity index (χ1n) is 5.51. The fraction of sp³-hybridized carbons (Fsp3) is 0.800. The lowest BCUT2D eigenvalue weighted by Crippen LogP contribution is -2.33. The molecule has 17 heavy (non-hydrogen) atoms. The van der Waals surface area contributed by atoms with Gasteiger partial charge in [0.05, 0.1) is 0 Å². The van der Waals surface area contributed by atoms with E-state index in [9.17, 15) is 9.59 Å². The lowest BCUT2D eigenvalue weighted by atomic mass is 10.7. The van der Waals surface area contributed by atoms with Crippen LogP contribution in [0.2, 0.25) is 39.3 Å². The molecule has 0 aliphatic heterocycles. The van der Waals surface area contributed by atoms with Gasteiger partial charge in [0.1, 0.15) is 13.2 Å². The first-order valence-corrected chi connectivity index (χ1v) is 12.3. The first-order chi connectivity index (χ1) is 7.49. The minimum absolute atomic E-state index is 0.203. The summed E-state index contributed by atoms with van der Waals surface area (Å²) in [7, 11) is -3.75. The van der Waals surface area contributed by atoms with Crippen LogP contribution in [-0.4, -0.2) is 41.8 Å². The molecule has 0 spiro atoms. The van der Waals surface area contributed by atoms with Crippen molar-refractivity contribution < 1.29 is 23.2 Å². The second-order valence-corrected chi connectivity index (χ2v) is 14.5. The maximum absolute atomic E-state index is 11.3. The molecule has 0 aliphatic carbocycles. The Hall–Kier alpha value is -0.666. The molecule has 0 bridgehead atoms. The maximum Gasteiger partial charge on any atom is 0.318 e. The largest absolute Gasteiger partial charge is 0.518 e. The summed E-state index contributed by atoms with van der Waals surface area (Å²) < 4.78 is 15.2. The second kappa shape index (κ2) is 6.32. The average Bonchev–Trinajstić information content (AvgIpc) is 1.95. The Balaban J connectivity index is 3.78. The predicted octanol–water partition coefficient (Wildman–Crippen LogP) is 1.76. The van der Waals surface area contributed by atoms with Gasteiger partial charge in [-0.05, 0) is 39.3 Å². The zero-order valence-corrected chi connectivity index (χ0v) is 13.5. The van der Waals surface area contributed by atoms with E-state index >= 15 is 0 Å². The summed E-state index contributed by atoms with van der Waals surface area (Å²) in [5.41, 5.74) is 0. The van der Waals surface area contributed by atoms with E-state index in [0.29, 0.717) is 0 Å². The van der Waals surface area contributed by atoms with E-state index in [0.717, 1.165) is 0 Å². The molecule has 0 saturated heterocycles. The minimum Gasteiger partial charge on any atom is -0.518 e. The van der Waals surface area contributed by atoms with Gasteiger partial charge in [-0.1, -0.05) is 0 Å². The van der Waals surface area contributed by atoms with Crippen molar-refractivity contribution in [2.75, 3.05) is 13.2 Å². The van der Waals surface area contributed by atoms with Crippen molar-refractivity contribution in [2.45, 2.75) is 39.3 Å². The summed E-state index contributed by atoms with van der Waals surface area (Å²) in [6.45, 7) is 11.0. The Morgan fingerprint density at radius 1 is 0.765 bits per heavy atom. The fourth-order valence-electron chi connectivity index (χ4n) is 0.960. The van der Waals surface area contributed by atoms with Crippen LogP contribution in [0.5, 0.6) is 0 Å². The minimum atomic E-state index is -1.87. The van der Waals surface area contributed by atoms with Crippen LogP contribution in [0.15, 0.2) is 0 Å². The third-order valence-electron chi connectivity index (χ3n) is 1.28. The molecule has 0 aromatic carbocycles. The molecular formula is C10H22O5Si2. The summed E-state index contributed by atoms with van der Waals surface area (Å²) in [6.07, 6.45) is 0. The van der Waals surface area contributed by atoms with E-state index < -0.39 is 28.6 Å². The van der Waals surface area contributed by atoms with Gasteiger partial charge in [-0.3, -0.25) is 9.59 Å². The molecule has 0 fully saturated rings. The Kier molecular flexibility index (Phi) is 6.07. The average molecular weight is 278 g/mol. The normalized spacial score (nSPS) is 12.1. The lowest BCUT2D eigenvalue weighted by molar-refractivity contribution is -0.146. The molecule has 5 nitrogen and oxygen atoms in total. The van der Waals surface area contributed by atoms with Crippen molar-refractivity contribution in [1.82, 2.24) is 0 Å². The molecule has 0 aromatic rings. The molecule has 0 aromatic heterocycles. The van der Waals surface area contributed by atoms with Crippen molar-refractivity contribution in [2.24, 2.45) is 0 Å². The molecule has 0 heterocycles. The van der Waals surface area contributed by atoms with Gasteiger partial charge in [-0.25, -0.2) is 0 Å². The number of hydrogen-bond acceptors (Lipinski definition) is 5. The fourth-order valence-corrected chi connectivity index (χ4v) is 2.44. The standard InChI is InChI=1S/C10H22O5Si2/c1-16(2,3)14-9(11)7-13-8-10(12)15-17(4,5)6/h7-8H2,1-6H3. The molecule has 0 saturated carbocycles. The molecule has 0 unspecified atom stereocenters. The molecule has 7 heteroatoms. The third kappa shape index (κ3) is 11.6. The Morgan fingerprint density at radius 2 is 1.06 bits per heavy atom. The second-order valence-electron chi connectivity index (χ2n) is 5.67. The summed E-state index contributed by atoms with van der Waals surface area (Å²) in [4.78, 5) is 22.5. The molecule has 0 atom stereocenters. The lowest BCUT2D eigenvalue weighted by Gasteiger charge is -2.18. The van der Waals surface area contributed by atoms with E-state index in [-0.39, 0.29) is 13.2 Å². The van der Waals surface area contributed by atoms with Crippen molar-refractivity contribution in [3.05, 3.63) is 0 Å². The van der Waals surface area contributed by atoms with Crippen LogP contribution in [0.4, 0.5) is 0 Å². The Bertz CT molecular complexity index is 249. The quantitative estimate of drug-likeness (QED) is 0.693. The Morgan fingerprint density at radius 3 is 1.29 bits per heavy atom. The highest BCUT2D eigenvalue weighted by Crippen LogP contribution is 2.04. The van der Waals surface area contributed by atoms with Gasteiger partial charge in [0, 0.05) is 0 Å². The highest BCUT2D eigenvalue weighted by atomic mass is 28.4. The van der Waals surface area contributed by atoms with Gasteiger partial charge in [-0.2, -0.15) is 0 Å². The van der Waals surface area contributed by atoms with E-state index in [1.807, 2.05) is 39.3 Å². The topological polar surface area (TPSA) is 61.8 Å². The summed E-state index contributed by atoms with van der Waals surface area (Å²) in [5.74, 6) is -0.852. The van der Waals surface area contributed by atoms with E-state index in [1.54, 1.807) is 0 Å². The first kappa shape index (κ1) is 16.3. The molecule has 100 valence electrons. The third-order valence-corrected chi connectivity index (χ3v) is 2.96. The monoisotopic (exact) mass is 278 g/mol. The highest BCUT2D eigenvalue weighted by molar-refractivity contribution is 6.71. The number of carbonyl (C=O) groups excluding carboxylic acids is 2. The highest BCUT2D eigenvalue weighted by Gasteiger charge is 2.22. The Labute approximate surface area is 105 Å². The smallest absolute Gasteiger partial charge is 0.318 e.